The maximum absolute atomic E-state index is 3.50. The van der Waals surface area contributed by atoms with Crippen LogP contribution in [0.2, 0.25) is 19.6 Å². The van der Waals surface area contributed by atoms with E-state index < -0.39 is 0 Å². The van der Waals surface area contributed by atoms with Crippen LogP contribution < -0.4 is 0 Å². The van der Waals surface area contributed by atoms with Crippen molar-refractivity contribution in [3.05, 3.63) is 40.3 Å². The third-order valence-electron chi connectivity index (χ3n) is 0.586. The minimum absolute atomic E-state index is 0. The second-order valence-corrected chi connectivity index (χ2v) is 6.84. The van der Waals surface area contributed by atoms with Gasteiger partial charge in [-0.15, -0.1) is 6.42 Å². The molecule has 0 aromatic carbocycles. The summed E-state index contributed by atoms with van der Waals surface area (Å²) >= 11 is 0. The molecule has 1 aliphatic carbocycles. The van der Waals surface area contributed by atoms with Crippen molar-refractivity contribution in [3.8, 4) is 0 Å². The molecule has 0 bridgehead atoms. The molecule has 0 unspecified atom stereocenters. The van der Waals surface area contributed by atoms with Gasteiger partial charge in [-0.05, 0) is 0 Å². The Morgan fingerprint density at radius 1 is 0.842 bits per heavy atom. The van der Waals surface area contributed by atoms with Crippen molar-refractivity contribution in [2.45, 2.75) is 26.1 Å². The van der Waals surface area contributed by atoms with Crippen LogP contribution in [0.4, 0.5) is 0 Å². The van der Waals surface area contributed by atoms with E-state index in [9.17, 15) is 0 Å². The minimum atomic E-state index is 0. The van der Waals surface area contributed by atoms with Crippen molar-refractivity contribution >= 4 is 8.80 Å². The topological polar surface area (TPSA) is 42.3 Å². The van der Waals surface area contributed by atoms with E-state index in [1.54, 1.807) is 42.3 Å². The monoisotopic (exact) mass is 318 g/mol. The zero-order valence-corrected chi connectivity index (χ0v) is 16.8. The van der Waals surface area contributed by atoms with Gasteiger partial charge in [0.15, 0.2) is 0 Å². The van der Waals surface area contributed by atoms with Crippen LogP contribution in [0, 0.1) is 6.08 Å². The molecule has 1 radical (unpaired) electrons. The number of hydrogen-bond acceptors (Lipinski definition) is 0. The standard InChI is InChI=1S/C5H5.C3H9Si.3C2H6N.Ti/c1-2-4-5-3-1;1-4(2)3;3*1-3-2;/h1-3H,4H2;1-3H3;3*1-2H3;/q-1;;3*-1;+4. The molecule has 0 heterocycles. The number of hydrogen-bond donors (Lipinski definition) is 0. The Morgan fingerprint density at radius 3 is 1.16 bits per heavy atom. The molecule has 3 nitrogen and oxygen atoms in total. The van der Waals surface area contributed by atoms with Crippen LogP contribution in [0.3, 0.4) is 0 Å². The van der Waals surface area contributed by atoms with Crippen LogP contribution in [0.15, 0.2) is 18.2 Å². The van der Waals surface area contributed by atoms with Gasteiger partial charge < -0.3 is 16.0 Å². The van der Waals surface area contributed by atoms with E-state index in [2.05, 4.69) is 47.7 Å². The predicted molar refractivity (Wildman–Crippen MR) is 90.5 cm³/mol. The first-order valence-corrected chi connectivity index (χ1v) is 8.90. The fourth-order valence-electron chi connectivity index (χ4n) is 0.340. The summed E-state index contributed by atoms with van der Waals surface area (Å²) in [6.07, 6.45) is 10.0. The first-order valence-electron chi connectivity index (χ1n) is 5.90. The number of rotatable bonds is 0. The van der Waals surface area contributed by atoms with E-state index in [1.165, 1.54) is 0 Å². The van der Waals surface area contributed by atoms with Crippen molar-refractivity contribution in [2.75, 3.05) is 42.3 Å². The Labute approximate surface area is 139 Å². The molecule has 1 aliphatic rings. The molecule has 0 N–H and O–H groups in total. The van der Waals surface area contributed by atoms with E-state index in [1.807, 2.05) is 12.2 Å². The van der Waals surface area contributed by atoms with Crippen molar-refractivity contribution < 1.29 is 21.7 Å². The summed E-state index contributed by atoms with van der Waals surface area (Å²) < 4.78 is 0. The Kier molecular flexibility index (Phi) is 71.3. The number of nitrogens with zero attached hydrogens (tertiary/aromatic N) is 3. The molecule has 0 atom stereocenters. The molecule has 111 valence electrons. The maximum atomic E-state index is 3.50. The van der Waals surface area contributed by atoms with E-state index in [0.717, 1.165) is 6.42 Å². The predicted octanol–water partition coefficient (Wildman–Crippen LogP) is 4.53. The van der Waals surface area contributed by atoms with Crippen LogP contribution >= 0.6 is 0 Å². The third-order valence-corrected chi connectivity index (χ3v) is 0.586. The Morgan fingerprint density at radius 2 is 1.11 bits per heavy atom. The second kappa shape index (κ2) is 42.9. The molecule has 1 rings (SSSR count). The average molecular weight is 318 g/mol. The SMILES string of the molecule is C[N-]C.C[N-]C.C[N-]C.C[Si](C)C.[C-]1=CC=CC1.[Ti+4]. The largest absolute Gasteiger partial charge is 4.00 e. The van der Waals surface area contributed by atoms with Gasteiger partial charge in [0.2, 0.25) is 0 Å². The normalized spacial score (nSPS) is 9.37. The van der Waals surface area contributed by atoms with Gasteiger partial charge in [0.1, 0.15) is 0 Å². The molecule has 0 aromatic heterocycles. The van der Waals surface area contributed by atoms with Gasteiger partial charge in [-0.1, -0.05) is 19.6 Å². The Bertz CT molecular complexity index is 134. The van der Waals surface area contributed by atoms with E-state index in [4.69, 9.17) is 0 Å². The molecule has 19 heavy (non-hydrogen) atoms. The average Bonchev–Trinajstić information content (AvgIpc) is 2.76. The number of allylic oxidation sites excluding steroid dienone is 4. The molecule has 0 saturated heterocycles. The van der Waals surface area contributed by atoms with Crippen molar-refractivity contribution in [3.63, 3.8) is 0 Å². The van der Waals surface area contributed by atoms with Gasteiger partial charge in [0.05, 0.1) is 0 Å². The zero-order chi connectivity index (χ0) is 15.2. The summed E-state index contributed by atoms with van der Waals surface area (Å²) in [4.78, 5) is 0. The van der Waals surface area contributed by atoms with Crippen LogP contribution in [0.1, 0.15) is 6.42 Å². The van der Waals surface area contributed by atoms with Crippen molar-refractivity contribution in [1.29, 1.82) is 0 Å². The fourth-order valence-corrected chi connectivity index (χ4v) is 0.340. The summed E-state index contributed by atoms with van der Waals surface area (Å²) in [5.74, 6) is 0. The second-order valence-electron chi connectivity index (χ2n) is 3.84. The smallest absolute Gasteiger partial charge is 0.668 e. The van der Waals surface area contributed by atoms with E-state index >= 15 is 0 Å². The van der Waals surface area contributed by atoms with Crippen LogP contribution in [-0.2, 0) is 21.7 Å². The summed E-state index contributed by atoms with van der Waals surface area (Å²) in [6.45, 7) is 6.81. The third kappa shape index (κ3) is 173. The van der Waals surface area contributed by atoms with Gasteiger partial charge in [0.25, 0.3) is 0 Å². The Balaban J connectivity index is -0.0000000435. The molecule has 0 aliphatic heterocycles. The van der Waals surface area contributed by atoms with Crippen LogP contribution in [0.25, 0.3) is 16.0 Å². The molecule has 0 fully saturated rings. The fraction of sp³-hybridized carbons (Fsp3) is 0.714. The van der Waals surface area contributed by atoms with Gasteiger partial charge >= 0.3 is 21.7 Å². The quantitative estimate of drug-likeness (QED) is 0.465. The van der Waals surface area contributed by atoms with E-state index in [0.29, 0.717) is 0 Å². The van der Waals surface area contributed by atoms with Crippen LogP contribution in [0.5, 0.6) is 0 Å². The first-order chi connectivity index (χ1) is 8.47. The molecular formula is C14H32N3SiTi. The van der Waals surface area contributed by atoms with Gasteiger partial charge in [-0.25, -0.2) is 12.2 Å². The molecule has 0 saturated carbocycles. The van der Waals surface area contributed by atoms with Gasteiger partial charge in [0, 0.05) is 8.80 Å². The van der Waals surface area contributed by atoms with Crippen molar-refractivity contribution in [1.82, 2.24) is 0 Å². The molecule has 0 amide bonds. The van der Waals surface area contributed by atoms with Gasteiger partial charge in [-0.2, -0.15) is 48.4 Å². The summed E-state index contributed by atoms with van der Waals surface area (Å²) in [5.41, 5.74) is 0. The van der Waals surface area contributed by atoms with Crippen molar-refractivity contribution in [2.24, 2.45) is 0 Å². The summed E-state index contributed by atoms with van der Waals surface area (Å²) in [5, 5.41) is 10.5. The van der Waals surface area contributed by atoms with Crippen LogP contribution in [-0.4, -0.2) is 51.1 Å². The molecule has 0 spiro atoms. The Hall–Kier alpha value is 0.291. The minimum Gasteiger partial charge on any atom is -0.668 e. The maximum Gasteiger partial charge on any atom is 4.00 e. The van der Waals surface area contributed by atoms with E-state index in [-0.39, 0.29) is 30.5 Å². The molecular weight excluding hydrogens is 286 g/mol. The molecule has 0 aromatic rings. The molecule has 5 heteroatoms. The van der Waals surface area contributed by atoms with Gasteiger partial charge in [-0.3, -0.25) is 6.08 Å². The zero-order valence-electron chi connectivity index (χ0n) is 14.3. The summed E-state index contributed by atoms with van der Waals surface area (Å²) in [6, 6.07) is 0. The first kappa shape index (κ1) is 31.6. The summed E-state index contributed by atoms with van der Waals surface area (Å²) in [7, 11) is 10.6.